The number of carbonyl (C=O) groups is 1. The van der Waals surface area contributed by atoms with Crippen LogP contribution in [0.3, 0.4) is 0 Å². The summed E-state index contributed by atoms with van der Waals surface area (Å²) in [6.07, 6.45) is 0.100. The molecule has 0 aromatic heterocycles. The Hall–Kier alpha value is -1.35. The third kappa shape index (κ3) is 5.23. The highest BCUT2D eigenvalue weighted by Gasteiger charge is 2.37. The standard InChI is InChI=1S/C20H28ClF3N4O/c21-15-10-12(9-14(18(15)26)20(22,23)24)11-16(25)19(29)17-3-1-2-8-28(17)13-4-6-27-7-5-13/h9-10,13,16-17,27H,1-8,11,25-26H2/t16-,17?/m0/s1. The van der Waals surface area contributed by atoms with Crippen molar-refractivity contribution in [2.75, 3.05) is 25.4 Å². The highest BCUT2D eigenvalue weighted by atomic mass is 35.5. The number of ketones is 1. The van der Waals surface area contributed by atoms with Gasteiger partial charge in [0.25, 0.3) is 0 Å². The number of nitrogens with one attached hydrogen (secondary N) is 1. The first-order valence-corrected chi connectivity index (χ1v) is 10.5. The first kappa shape index (κ1) is 22.3. The molecule has 1 unspecified atom stereocenters. The van der Waals surface area contributed by atoms with E-state index >= 15 is 0 Å². The number of alkyl halides is 3. The van der Waals surface area contributed by atoms with Gasteiger partial charge in [0.1, 0.15) is 0 Å². The average molecular weight is 433 g/mol. The molecule has 0 aliphatic carbocycles. The molecule has 1 aromatic rings. The predicted octanol–water partition coefficient (Wildman–Crippen LogP) is 2.99. The molecule has 0 bridgehead atoms. The summed E-state index contributed by atoms with van der Waals surface area (Å²) in [5, 5.41) is 3.15. The molecule has 2 saturated heterocycles. The lowest BCUT2D eigenvalue weighted by molar-refractivity contribution is -0.137. The van der Waals surface area contributed by atoms with Gasteiger partial charge in [0.2, 0.25) is 0 Å². The molecule has 3 rings (SSSR count). The fraction of sp³-hybridized carbons (Fsp3) is 0.650. The Kier molecular flexibility index (Phi) is 7.09. The Morgan fingerprint density at radius 3 is 2.59 bits per heavy atom. The number of halogens is 4. The average Bonchev–Trinajstić information content (AvgIpc) is 2.69. The largest absolute Gasteiger partial charge is 0.418 e. The molecule has 0 amide bonds. The minimum Gasteiger partial charge on any atom is -0.397 e. The molecule has 5 nitrogen and oxygen atoms in total. The van der Waals surface area contributed by atoms with E-state index in [1.807, 2.05) is 0 Å². The monoisotopic (exact) mass is 432 g/mol. The van der Waals surface area contributed by atoms with E-state index in [-0.39, 0.29) is 28.8 Å². The Morgan fingerprint density at radius 1 is 1.24 bits per heavy atom. The number of nitrogen functional groups attached to an aromatic ring is 1. The highest BCUT2D eigenvalue weighted by molar-refractivity contribution is 6.33. The molecule has 162 valence electrons. The van der Waals surface area contributed by atoms with Gasteiger partial charge in [-0.2, -0.15) is 13.2 Å². The van der Waals surface area contributed by atoms with Gasteiger partial charge >= 0.3 is 6.18 Å². The number of likely N-dealkylation sites (tertiary alicyclic amines) is 1. The van der Waals surface area contributed by atoms with Crippen molar-refractivity contribution < 1.29 is 18.0 Å². The highest BCUT2D eigenvalue weighted by Crippen LogP contribution is 2.38. The number of Topliss-reactive ketones (excluding diaryl/α,β-unsaturated/α-hetero) is 1. The van der Waals surface area contributed by atoms with Crippen LogP contribution in [0.5, 0.6) is 0 Å². The molecule has 5 N–H and O–H groups in total. The number of hydrogen-bond acceptors (Lipinski definition) is 5. The summed E-state index contributed by atoms with van der Waals surface area (Å²) < 4.78 is 39.6. The third-order valence-corrected chi connectivity index (χ3v) is 6.28. The lowest BCUT2D eigenvalue weighted by atomic mass is 9.89. The first-order chi connectivity index (χ1) is 13.7. The van der Waals surface area contributed by atoms with Crippen LogP contribution in [0.1, 0.15) is 43.2 Å². The van der Waals surface area contributed by atoms with E-state index in [9.17, 15) is 18.0 Å². The minimum atomic E-state index is -4.62. The van der Waals surface area contributed by atoms with E-state index in [1.54, 1.807) is 0 Å². The number of rotatable bonds is 5. The van der Waals surface area contributed by atoms with Crippen molar-refractivity contribution in [2.45, 2.75) is 62.8 Å². The molecule has 2 atom stereocenters. The van der Waals surface area contributed by atoms with Crippen LogP contribution in [0.4, 0.5) is 18.9 Å². The molecule has 0 radical (unpaired) electrons. The topological polar surface area (TPSA) is 84.4 Å². The number of carbonyl (C=O) groups excluding carboxylic acids is 1. The zero-order chi connectivity index (χ0) is 21.2. The predicted molar refractivity (Wildman–Crippen MR) is 108 cm³/mol. The Balaban J connectivity index is 1.75. The summed E-state index contributed by atoms with van der Waals surface area (Å²) in [4.78, 5) is 15.4. The van der Waals surface area contributed by atoms with E-state index in [4.69, 9.17) is 23.1 Å². The van der Waals surface area contributed by atoms with Gasteiger partial charge in [0, 0.05) is 6.04 Å². The molecule has 29 heavy (non-hydrogen) atoms. The number of benzene rings is 1. The van der Waals surface area contributed by atoms with E-state index in [1.165, 1.54) is 6.07 Å². The van der Waals surface area contributed by atoms with Crippen molar-refractivity contribution in [3.05, 3.63) is 28.3 Å². The van der Waals surface area contributed by atoms with Crippen LogP contribution in [0, 0.1) is 0 Å². The molecule has 9 heteroatoms. The summed E-state index contributed by atoms with van der Waals surface area (Å²) in [7, 11) is 0. The second-order valence-electron chi connectivity index (χ2n) is 7.98. The van der Waals surface area contributed by atoms with Gasteiger partial charge in [0.15, 0.2) is 5.78 Å². The Bertz CT molecular complexity index is 737. The number of nitrogens with zero attached hydrogens (tertiary/aromatic N) is 1. The maximum atomic E-state index is 13.2. The lowest BCUT2D eigenvalue weighted by Gasteiger charge is -2.42. The van der Waals surface area contributed by atoms with Crippen LogP contribution in [-0.4, -0.2) is 48.4 Å². The van der Waals surface area contributed by atoms with Crippen molar-refractivity contribution in [3.63, 3.8) is 0 Å². The van der Waals surface area contributed by atoms with Crippen molar-refractivity contribution >= 4 is 23.1 Å². The van der Waals surface area contributed by atoms with Gasteiger partial charge in [-0.15, -0.1) is 0 Å². The maximum Gasteiger partial charge on any atom is 0.418 e. The number of piperidine rings is 2. The van der Waals surface area contributed by atoms with Crippen LogP contribution in [0.15, 0.2) is 12.1 Å². The number of nitrogens with two attached hydrogens (primary N) is 2. The van der Waals surface area contributed by atoms with Crippen molar-refractivity contribution in [1.82, 2.24) is 10.2 Å². The molecule has 1 aromatic carbocycles. The van der Waals surface area contributed by atoms with Gasteiger partial charge in [-0.1, -0.05) is 18.0 Å². The summed E-state index contributed by atoms with van der Waals surface area (Å²) in [5.41, 5.74) is 10.4. The fourth-order valence-corrected chi connectivity index (χ4v) is 4.70. The lowest BCUT2D eigenvalue weighted by Crippen LogP contribution is -2.56. The van der Waals surface area contributed by atoms with Crippen molar-refractivity contribution in [2.24, 2.45) is 5.73 Å². The summed E-state index contributed by atoms with van der Waals surface area (Å²) in [5.74, 6) is -0.107. The molecular formula is C20H28ClF3N4O. The van der Waals surface area contributed by atoms with Gasteiger partial charge in [0.05, 0.1) is 28.4 Å². The molecular weight excluding hydrogens is 405 g/mol. The van der Waals surface area contributed by atoms with E-state index in [0.717, 1.165) is 57.8 Å². The smallest absolute Gasteiger partial charge is 0.397 e. The minimum absolute atomic E-state index is 0.00151. The van der Waals surface area contributed by atoms with E-state index < -0.39 is 23.5 Å². The molecule has 2 aliphatic rings. The Labute approximate surface area is 173 Å². The second kappa shape index (κ2) is 9.20. The zero-order valence-corrected chi connectivity index (χ0v) is 17.0. The molecule has 2 fully saturated rings. The van der Waals surface area contributed by atoms with E-state index in [2.05, 4.69) is 10.2 Å². The van der Waals surface area contributed by atoms with Crippen LogP contribution < -0.4 is 16.8 Å². The van der Waals surface area contributed by atoms with Crippen molar-refractivity contribution in [1.29, 1.82) is 0 Å². The molecule has 2 aliphatic heterocycles. The second-order valence-corrected chi connectivity index (χ2v) is 8.39. The molecule has 0 spiro atoms. The fourth-order valence-electron chi connectivity index (χ4n) is 4.46. The molecule has 0 saturated carbocycles. The summed E-state index contributed by atoms with van der Waals surface area (Å²) in [6, 6.07) is 1.50. The Morgan fingerprint density at radius 2 is 1.93 bits per heavy atom. The van der Waals surface area contributed by atoms with E-state index in [0.29, 0.717) is 6.04 Å². The zero-order valence-electron chi connectivity index (χ0n) is 16.3. The SMILES string of the molecule is Nc1c(Cl)cc(C[C@H](N)C(=O)C2CCCCN2C2CCNCC2)cc1C(F)(F)F. The van der Waals surface area contributed by atoms with Crippen LogP contribution >= 0.6 is 11.6 Å². The first-order valence-electron chi connectivity index (χ1n) is 10.1. The summed E-state index contributed by atoms with van der Waals surface area (Å²) >= 11 is 5.90. The maximum absolute atomic E-state index is 13.2. The summed E-state index contributed by atoms with van der Waals surface area (Å²) in [6.45, 7) is 2.72. The van der Waals surface area contributed by atoms with Crippen molar-refractivity contribution in [3.8, 4) is 0 Å². The van der Waals surface area contributed by atoms with Gasteiger partial charge < -0.3 is 16.8 Å². The van der Waals surface area contributed by atoms with Crippen LogP contribution in [-0.2, 0) is 17.4 Å². The van der Waals surface area contributed by atoms with Gasteiger partial charge in [-0.25, -0.2) is 0 Å². The quantitative estimate of drug-likeness (QED) is 0.623. The van der Waals surface area contributed by atoms with Crippen LogP contribution in [0.2, 0.25) is 5.02 Å². The number of hydrogen-bond donors (Lipinski definition) is 3. The number of anilines is 1. The third-order valence-electron chi connectivity index (χ3n) is 5.97. The van der Waals surface area contributed by atoms with Gasteiger partial charge in [-0.05, 0) is 69.4 Å². The van der Waals surface area contributed by atoms with Gasteiger partial charge in [-0.3, -0.25) is 9.69 Å². The van der Waals surface area contributed by atoms with Crippen LogP contribution in [0.25, 0.3) is 0 Å². The molecule has 2 heterocycles. The normalized spacial score (nSPS) is 23.1.